The highest BCUT2D eigenvalue weighted by atomic mass is 19.4. The highest BCUT2D eigenvalue weighted by Crippen LogP contribution is 2.50. The molecule has 1 saturated carbocycles. The average molecular weight is 412 g/mol. The van der Waals surface area contributed by atoms with Crippen LogP contribution in [0.5, 0.6) is 11.5 Å². The van der Waals surface area contributed by atoms with E-state index < -0.39 is 12.2 Å². The van der Waals surface area contributed by atoms with E-state index in [9.17, 15) is 13.2 Å². The number of piperazine rings is 1. The molecule has 0 amide bonds. The maximum atomic E-state index is 13.0. The number of hydrogen-bond donors (Lipinski definition) is 1. The molecule has 2 fully saturated rings. The highest BCUT2D eigenvalue weighted by molar-refractivity contribution is 5.80. The number of alkyl halides is 3. The second kappa shape index (κ2) is 7.59. The predicted molar refractivity (Wildman–Crippen MR) is 104 cm³/mol. The summed E-state index contributed by atoms with van der Waals surface area (Å²) in [6.07, 6.45) is -2.04. The van der Waals surface area contributed by atoms with Crippen LogP contribution in [0.15, 0.2) is 23.2 Å². The third-order valence-electron chi connectivity index (χ3n) is 6.27. The molecule has 1 aliphatic carbocycles. The molecule has 1 aromatic carbocycles. The minimum absolute atomic E-state index is 0.0452. The fourth-order valence-electron chi connectivity index (χ4n) is 4.05. The molecule has 2 heterocycles. The Kier molecular flexibility index (Phi) is 5.27. The summed E-state index contributed by atoms with van der Waals surface area (Å²) in [5.41, 5.74) is 1.26. The first-order chi connectivity index (χ1) is 13.8. The number of guanidine groups is 1. The average Bonchev–Trinajstić information content (AvgIpc) is 3.35. The lowest BCUT2D eigenvalue weighted by Crippen LogP contribution is -2.57. The monoisotopic (exact) mass is 412 g/mol. The molecule has 0 aromatic heterocycles. The van der Waals surface area contributed by atoms with Crippen molar-refractivity contribution in [1.29, 1.82) is 0 Å². The Morgan fingerprint density at radius 3 is 2.48 bits per heavy atom. The summed E-state index contributed by atoms with van der Waals surface area (Å²) >= 11 is 0. The molecule has 0 spiro atoms. The summed E-state index contributed by atoms with van der Waals surface area (Å²) in [4.78, 5) is 7.88. The van der Waals surface area contributed by atoms with Crippen LogP contribution in [0.4, 0.5) is 13.2 Å². The summed E-state index contributed by atoms with van der Waals surface area (Å²) < 4.78 is 49.7. The van der Waals surface area contributed by atoms with Gasteiger partial charge < -0.3 is 19.7 Å². The van der Waals surface area contributed by atoms with Gasteiger partial charge in [0, 0.05) is 45.2 Å². The van der Waals surface area contributed by atoms with E-state index in [1.807, 2.05) is 11.0 Å². The van der Waals surface area contributed by atoms with Gasteiger partial charge in [-0.1, -0.05) is 6.07 Å². The van der Waals surface area contributed by atoms with Crippen molar-refractivity contribution in [2.75, 3.05) is 46.6 Å². The Morgan fingerprint density at radius 1 is 1.17 bits per heavy atom. The zero-order valence-corrected chi connectivity index (χ0v) is 16.8. The minimum atomic E-state index is -4.19. The van der Waals surface area contributed by atoms with E-state index >= 15 is 0 Å². The lowest BCUT2D eigenvalue weighted by molar-refractivity contribution is -0.181. The zero-order chi connectivity index (χ0) is 20.6. The van der Waals surface area contributed by atoms with Crippen molar-refractivity contribution in [3.8, 4) is 11.5 Å². The Bertz CT molecular complexity index is 771. The summed E-state index contributed by atoms with van der Waals surface area (Å²) in [5, 5.41) is 3.45. The lowest BCUT2D eigenvalue weighted by atomic mass is 9.95. The molecule has 1 atom stereocenters. The maximum Gasteiger partial charge on any atom is 0.403 e. The van der Waals surface area contributed by atoms with E-state index in [4.69, 9.17) is 9.47 Å². The fraction of sp³-hybridized carbons (Fsp3) is 0.650. The van der Waals surface area contributed by atoms with Crippen LogP contribution in [0, 0.1) is 0 Å². The third kappa shape index (κ3) is 4.10. The molecule has 3 aliphatic rings. The number of fused-ring (bicyclic) bond motifs is 1. The largest absolute Gasteiger partial charge is 0.454 e. The molecular formula is C20H27F3N4O2. The number of benzene rings is 1. The topological polar surface area (TPSA) is 49.3 Å². The van der Waals surface area contributed by atoms with E-state index in [0.717, 1.165) is 36.8 Å². The first-order valence-electron chi connectivity index (χ1n) is 9.99. The second-order valence-electron chi connectivity index (χ2n) is 7.99. The molecule has 29 heavy (non-hydrogen) atoms. The molecule has 1 unspecified atom stereocenters. The molecule has 4 rings (SSSR count). The standard InChI is InChI=1S/C20H27F3N4O2/c1-14(20(21,22)23)26-7-9-27(10-8-26)18(24-2)25-12-19(5-6-19)15-3-4-16-17(11-15)29-13-28-16/h3-4,11,14H,5-10,12-13H2,1-2H3,(H,24,25). The van der Waals surface area contributed by atoms with Crippen molar-refractivity contribution in [3.05, 3.63) is 23.8 Å². The van der Waals surface area contributed by atoms with E-state index in [2.05, 4.69) is 22.4 Å². The molecule has 6 nitrogen and oxygen atoms in total. The van der Waals surface area contributed by atoms with Crippen LogP contribution in [0.1, 0.15) is 25.3 Å². The van der Waals surface area contributed by atoms with E-state index in [-0.39, 0.29) is 12.2 Å². The summed E-state index contributed by atoms with van der Waals surface area (Å²) in [6, 6.07) is 4.67. The molecular weight excluding hydrogens is 385 g/mol. The molecule has 1 saturated heterocycles. The molecule has 0 radical (unpaired) electrons. The Balaban J connectivity index is 1.34. The lowest BCUT2D eigenvalue weighted by Gasteiger charge is -2.40. The second-order valence-corrected chi connectivity index (χ2v) is 7.99. The number of ether oxygens (including phenoxy) is 2. The molecule has 0 bridgehead atoms. The summed E-state index contributed by atoms with van der Waals surface area (Å²) in [7, 11) is 1.72. The molecule has 2 aliphatic heterocycles. The summed E-state index contributed by atoms with van der Waals surface area (Å²) in [5.74, 6) is 2.31. The van der Waals surface area contributed by atoms with Crippen LogP contribution >= 0.6 is 0 Å². The van der Waals surface area contributed by atoms with Crippen LogP contribution in [0.3, 0.4) is 0 Å². The van der Waals surface area contributed by atoms with Crippen molar-refractivity contribution < 1.29 is 22.6 Å². The van der Waals surface area contributed by atoms with Gasteiger partial charge in [-0.25, -0.2) is 0 Å². The highest BCUT2D eigenvalue weighted by Gasteiger charge is 2.45. The normalized spacial score (nSPS) is 22.5. The van der Waals surface area contributed by atoms with Crippen LogP contribution in [-0.2, 0) is 5.41 Å². The number of nitrogens with zero attached hydrogens (tertiary/aromatic N) is 3. The van der Waals surface area contributed by atoms with E-state index in [1.54, 1.807) is 7.05 Å². The van der Waals surface area contributed by atoms with Gasteiger partial charge in [-0.15, -0.1) is 0 Å². The minimum Gasteiger partial charge on any atom is -0.454 e. The number of rotatable bonds is 4. The van der Waals surface area contributed by atoms with Crippen molar-refractivity contribution in [2.45, 2.75) is 37.4 Å². The fourth-order valence-corrected chi connectivity index (χ4v) is 4.05. The molecule has 1 N–H and O–H groups in total. The van der Waals surface area contributed by atoms with Gasteiger partial charge in [-0.05, 0) is 37.5 Å². The molecule has 9 heteroatoms. The van der Waals surface area contributed by atoms with Gasteiger partial charge in [0.05, 0.1) is 0 Å². The molecule has 1 aromatic rings. The van der Waals surface area contributed by atoms with Crippen molar-refractivity contribution in [3.63, 3.8) is 0 Å². The Morgan fingerprint density at radius 2 is 1.86 bits per heavy atom. The van der Waals surface area contributed by atoms with Gasteiger partial charge in [0.1, 0.15) is 6.04 Å². The quantitative estimate of drug-likeness (QED) is 0.609. The van der Waals surface area contributed by atoms with Crippen molar-refractivity contribution >= 4 is 5.96 Å². The number of hydrogen-bond acceptors (Lipinski definition) is 4. The zero-order valence-electron chi connectivity index (χ0n) is 16.8. The SMILES string of the molecule is CN=C(NCC1(c2ccc3c(c2)OCO3)CC1)N1CCN(C(C)C(F)(F)F)CC1. The van der Waals surface area contributed by atoms with Crippen LogP contribution in [0.25, 0.3) is 0 Å². The van der Waals surface area contributed by atoms with E-state index in [1.165, 1.54) is 17.4 Å². The first kappa shape index (κ1) is 20.1. The van der Waals surface area contributed by atoms with Crippen molar-refractivity contribution in [1.82, 2.24) is 15.1 Å². The predicted octanol–water partition coefficient (Wildman–Crippen LogP) is 2.59. The number of aliphatic imine (C=N–C) groups is 1. The van der Waals surface area contributed by atoms with Gasteiger partial charge in [-0.3, -0.25) is 9.89 Å². The van der Waals surface area contributed by atoms with Gasteiger partial charge in [0.2, 0.25) is 6.79 Å². The van der Waals surface area contributed by atoms with Gasteiger partial charge in [0.15, 0.2) is 17.5 Å². The van der Waals surface area contributed by atoms with Crippen LogP contribution < -0.4 is 14.8 Å². The smallest absolute Gasteiger partial charge is 0.403 e. The van der Waals surface area contributed by atoms with Crippen molar-refractivity contribution in [2.24, 2.45) is 4.99 Å². The van der Waals surface area contributed by atoms with Crippen LogP contribution in [-0.4, -0.2) is 74.5 Å². The van der Waals surface area contributed by atoms with Gasteiger partial charge >= 0.3 is 6.18 Å². The molecule has 160 valence electrons. The Hall–Kier alpha value is -2.16. The van der Waals surface area contributed by atoms with Gasteiger partial charge in [0.25, 0.3) is 0 Å². The third-order valence-corrected chi connectivity index (χ3v) is 6.27. The summed E-state index contributed by atoms with van der Waals surface area (Å²) in [6.45, 7) is 4.01. The Labute approximate surface area is 168 Å². The maximum absolute atomic E-state index is 13.0. The van der Waals surface area contributed by atoms with E-state index in [0.29, 0.717) is 26.2 Å². The number of halogens is 3. The van der Waals surface area contributed by atoms with Crippen LogP contribution in [0.2, 0.25) is 0 Å². The first-order valence-corrected chi connectivity index (χ1v) is 9.99. The number of nitrogens with one attached hydrogen (secondary N) is 1. The van der Waals surface area contributed by atoms with Gasteiger partial charge in [-0.2, -0.15) is 13.2 Å².